The maximum Gasteiger partial charge on any atom is 0.433 e. The van der Waals surface area contributed by atoms with Crippen LogP contribution in [0.25, 0.3) is 0 Å². The lowest BCUT2D eigenvalue weighted by atomic mass is 10.2. The first kappa shape index (κ1) is 8.99. The maximum absolute atomic E-state index is 12.0. The van der Waals surface area contributed by atoms with Crippen LogP contribution in [0.1, 0.15) is 11.3 Å². The van der Waals surface area contributed by atoms with E-state index < -0.39 is 18.5 Å². The molecule has 0 unspecified atom stereocenters. The molecule has 0 amide bonds. The van der Waals surface area contributed by atoms with Gasteiger partial charge in [-0.2, -0.15) is 13.2 Å². The van der Waals surface area contributed by atoms with Gasteiger partial charge in [-0.3, -0.25) is 4.98 Å². The van der Waals surface area contributed by atoms with Crippen LogP contribution in [0, 0.1) is 0 Å². The molecule has 5 heteroatoms. The van der Waals surface area contributed by atoms with E-state index >= 15 is 0 Å². The van der Waals surface area contributed by atoms with Crippen molar-refractivity contribution in [2.75, 3.05) is 0 Å². The van der Waals surface area contributed by atoms with Crippen molar-refractivity contribution in [3.63, 3.8) is 0 Å². The number of halogens is 3. The van der Waals surface area contributed by atoms with E-state index in [1.807, 2.05) is 0 Å². The van der Waals surface area contributed by atoms with Crippen molar-refractivity contribution in [2.45, 2.75) is 12.8 Å². The number of aliphatic hydroxyl groups excluding tert-OH is 1. The summed E-state index contributed by atoms with van der Waals surface area (Å²) in [5.74, 6) is 0. The van der Waals surface area contributed by atoms with Crippen LogP contribution >= 0.6 is 0 Å². The van der Waals surface area contributed by atoms with E-state index in [4.69, 9.17) is 5.11 Å². The molecule has 0 atom stereocenters. The molecule has 1 heterocycles. The average Bonchev–Trinajstić information content (AvgIpc) is 2.03. The van der Waals surface area contributed by atoms with Gasteiger partial charge < -0.3 is 5.11 Å². The molecule has 0 aromatic carbocycles. The summed E-state index contributed by atoms with van der Waals surface area (Å²) in [7, 11) is 0. The molecule has 0 aliphatic carbocycles. The van der Waals surface area contributed by atoms with Gasteiger partial charge in [-0.25, -0.2) is 0 Å². The molecule has 0 saturated carbocycles. The Bertz CT molecular complexity index is 272. The van der Waals surface area contributed by atoms with Gasteiger partial charge in [-0.05, 0) is 17.7 Å². The lowest BCUT2D eigenvalue weighted by molar-refractivity contribution is -0.141. The maximum atomic E-state index is 12.0. The summed E-state index contributed by atoms with van der Waals surface area (Å²) in [6.45, 7) is -0.411. The Labute approximate surface area is 66.7 Å². The topological polar surface area (TPSA) is 33.1 Å². The zero-order chi connectivity index (χ0) is 9.19. The van der Waals surface area contributed by atoms with Gasteiger partial charge in [0.15, 0.2) is 0 Å². The van der Waals surface area contributed by atoms with E-state index in [0.717, 1.165) is 12.3 Å². The molecule has 1 aromatic heterocycles. The quantitative estimate of drug-likeness (QED) is 0.706. The van der Waals surface area contributed by atoms with E-state index in [-0.39, 0.29) is 5.56 Å². The molecule has 0 bridgehead atoms. The number of alkyl halides is 3. The summed E-state index contributed by atoms with van der Waals surface area (Å²) in [6.07, 6.45) is -3.42. The van der Waals surface area contributed by atoms with Gasteiger partial charge in [-0.1, -0.05) is 0 Å². The number of aromatic nitrogens is 1. The zero-order valence-electron chi connectivity index (χ0n) is 5.97. The third-order valence-corrected chi connectivity index (χ3v) is 1.30. The molecule has 1 N–H and O–H groups in total. The van der Waals surface area contributed by atoms with E-state index in [9.17, 15) is 13.2 Å². The van der Waals surface area contributed by atoms with Crippen molar-refractivity contribution >= 4 is 0 Å². The van der Waals surface area contributed by atoms with Crippen molar-refractivity contribution in [2.24, 2.45) is 0 Å². The number of rotatable bonds is 1. The van der Waals surface area contributed by atoms with Crippen molar-refractivity contribution < 1.29 is 18.3 Å². The van der Waals surface area contributed by atoms with Crippen LogP contribution in [-0.2, 0) is 12.8 Å². The summed E-state index contributed by atoms with van der Waals surface area (Å²) in [4.78, 5) is 3.12. The van der Waals surface area contributed by atoms with Gasteiger partial charge in [0.2, 0.25) is 0 Å². The minimum atomic E-state index is -4.44. The standard InChI is InChI=1S/C7H6F3NO/c8-7(9,10)6-3-5(4-12)1-2-11-6/h1-3,12H,4H2. The summed E-state index contributed by atoms with van der Waals surface area (Å²) >= 11 is 0. The molecule has 1 rings (SSSR count). The Hall–Kier alpha value is -1.10. The number of hydrogen-bond donors (Lipinski definition) is 1. The van der Waals surface area contributed by atoms with Crippen LogP contribution in [0.4, 0.5) is 13.2 Å². The highest BCUT2D eigenvalue weighted by Gasteiger charge is 2.32. The second-order valence-electron chi connectivity index (χ2n) is 2.21. The molecule has 12 heavy (non-hydrogen) atoms. The minimum Gasteiger partial charge on any atom is -0.392 e. The molecule has 66 valence electrons. The molecule has 0 aliphatic heterocycles. The Morgan fingerprint density at radius 1 is 1.42 bits per heavy atom. The van der Waals surface area contributed by atoms with Crippen LogP contribution < -0.4 is 0 Å². The lowest BCUT2D eigenvalue weighted by Crippen LogP contribution is -2.08. The molecule has 2 nitrogen and oxygen atoms in total. The van der Waals surface area contributed by atoms with E-state index in [2.05, 4.69) is 4.98 Å². The van der Waals surface area contributed by atoms with Gasteiger partial charge in [0.25, 0.3) is 0 Å². The minimum absolute atomic E-state index is 0.206. The third kappa shape index (κ3) is 1.94. The SMILES string of the molecule is OCc1ccnc(C(F)(F)F)c1. The molecule has 0 saturated heterocycles. The van der Waals surface area contributed by atoms with E-state index in [1.54, 1.807) is 0 Å². The van der Waals surface area contributed by atoms with Gasteiger partial charge in [0.05, 0.1) is 6.61 Å². The van der Waals surface area contributed by atoms with Crippen molar-refractivity contribution in [3.8, 4) is 0 Å². The summed E-state index contributed by atoms with van der Waals surface area (Å²) in [5, 5.41) is 8.53. The first-order valence-electron chi connectivity index (χ1n) is 3.17. The first-order chi connectivity index (χ1) is 5.54. The largest absolute Gasteiger partial charge is 0.433 e. The van der Waals surface area contributed by atoms with Crippen LogP contribution in [-0.4, -0.2) is 10.1 Å². The predicted octanol–water partition coefficient (Wildman–Crippen LogP) is 1.59. The Morgan fingerprint density at radius 2 is 2.08 bits per heavy atom. The third-order valence-electron chi connectivity index (χ3n) is 1.30. The second kappa shape index (κ2) is 3.10. The molecular formula is C7H6F3NO. The van der Waals surface area contributed by atoms with Gasteiger partial charge in [0.1, 0.15) is 5.69 Å². The first-order valence-corrected chi connectivity index (χ1v) is 3.17. The number of hydrogen-bond acceptors (Lipinski definition) is 2. The van der Waals surface area contributed by atoms with Gasteiger partial charge >= 0.3 is 6.18 Å². The summed E-state index contributed by atoms with van der Waals surface area (Å²) < 4.78 is 35.9. The molecule has 1 aromatic rings. The fourth-order valence-corrected chi connectivity index (χ4v) is 0.728. The molecule has 0 aliphatic rings. The molecule has 0 fully saturated rings. The van der Waals surface area contributed by atoms with E-state index in [1.165, 1.54) is 6.07 Å². The van der Waals surface area contributed by atoms with E-state index in [0.29, 0.717) is 0 Å². The van der Waals surface area contributed by atoms with Crippen molar-refractivity contribution in [3.05, 3.63) is 29.6 Å². The highest BCUT2D eigenvalue weighted by Crippen LogP contribution is 2.27. The van der Waals surface area contributed by atoms with Crippen LogP contribution in [0.5, 0.6) is 0 Å². The van der Waals surface area contributed by atoms with Crippen molar-refractivity contribution in [1.29, 1.82) is 0 Å². The predicted molar refractivity (Wildman–Crippen MR) is 35.2 cm³/mol. The van der Waals surface area contributed by atoms with Crippen LogP contribution in [0.15, 0.2) is 18.3 Å². The average molecular weight is 177 g/mol. The Kier molecular flexibility index (Phi) is 2.32. The lowest BCUT2D eigenvalue weighted by Gasteiger charge is -2.05. The highest BCUT2D eigenvalue weighted by molar-refractivity contribution is 5.17. The zero-order valence-corrected chi connectivity index (χ0v) is 5.97. The van der Waals surface area contributed by atoms with Crippen LogP contribution in [0.3, 0.4) is 0 Å². The molecule has 0 radical (unpaired) electrons. The Balaban J connectivity index is 3.02. The normalized spacial score (nSPS) is 11.7. The van der Waals surface area contributed by atoms with Crippen molar-refractivity contribution in [1.82, 2.24) is 4.98 Å². The van der Waals surface area contributed by atoms with Crippen LogP contribution in [0.2, 0.25) is 0 Å². The number of pyridine rings is 1. The number of nitrogens with zero attached hydrogens (tertiary/aromatic N) is 1. The molecular weight excluding hydrogens is 171 g/mol. The Morgan fingerprint density at radius 3 is 2.58 bits per heavy atom. The fraction of sp³-hybridized carbons (Fsp3) is 0.286. The summed E-state index contributed by atoms with van der Waals surface area (Å²) in [6, 6.07) is 2.15. The fourth-order valence-electron chi connectivity index (χ4n) is 0.728. The highest BCUT2D eigenvalue weighted by atomic mass is 19.4. The molecule has 0 spiro atoms. The smallest absolute Gasteiger partial charge is 0.392 e. The monoisotopic (exact) mass is 177 g/mol. The number of aliphatic hydroxyl groups is 1. The second-order valence-corrected chi connectivity index (χ2v) is 2.21. The van der Waals surface area contributed by atoms with Gasteiger partial charge in [0, 0.05) is 6.20 Å². The summed E-state index contributed by atoms with van der Waals surface area (Å²) in [5.41, 5.74) is -0.772. The van der Waals surface area contributed by atoms with Gasteiger partial charge in [-0.15, -0.1) is 0 Å².